The lowest BCUT2D eigenvalue weighted by atomic mass is 10.1. The average Bonchev–Trinajstić information content (AvgIpc) is 3.16. The SMILES string of the molecule is Cc1cccnc1NC(=O)[C@@H]1CC(=O)N(CC2CC2)C1. The number of amides is 2. The van der Waals surface area contributed by atoms with Gasteiger partial charge in [0.05, 0.1) is 5.92 Å². The van der Waals surface area contributed by atoms with Gasteiger partial charge in [-0.2, -0.15) is 0 Å². The van der Waals surface area contributed by atoms with Gasteiger partial charge < -0.3 is 10.2 Å². The van der Waals surface area contributed by atoms with Crippen molar-refractivity contribution in [3.8, 4) is 0 Å². The summed E-state index contributed by atoms with van der Waals surface area (Å²) >= 11 is 0. The van der Waals surface area contributed by atoms with Crippen molar-refractivity contribution in [2.45, 2.75) is 26.2 Å². The van der Waals surface area contributed by atoms with Gasteiger partial charge in [0.25, 0.3) is 0 Å². The normalized spacial score (nSPS) is 22.1. The van der Waals surface area contributed by atoms with Crippen LogP contribution in [0, 0.1) is 18.8 Å². The first-order valence-electron chi connectivity index (χ1n) is 7.13. The highest BCUT2D eigenvalue weighted by Crippen LogP contribution is 2.32. The van der Waals surface area contributed by atoms with Gasteiger partial charge in [0.15, 0.2) is 0 Å². The van der Waals surface area contributed by atoms with Crippen LogP contribution in [0.4, 0.5) is 5.82 Å². The Kier molecular flexibility index (Phi) is 3.42. The third kappa shape index (κ3) is 2.81. The first-order valence-corrected chi connectivity index (χ1v) is 7.13. The maximum absolute atomic E-state index is 12.2. The second-order valence-corrected chi connectivity index (χ2v) is 5.80. The maximum Gasteiger partial charge on any atom is 0.230 e. The smallest absolute Gasteiger partial charge is 0.230 e. The molecule has 1 aliphatic heterocycles. The molecule has 2 fully saturated rings. The van der Waals surface area contributed by atoms with Crippen molar-refractivity contribution in [3.05, 3.63) is 23.9 Å². The third-order valence-corrected chi connectivity index (χ3v) is 4.01. The maximum atomic E-state index is 12.2. The molecule has 1 N–H and O–H groups in total. The van der Waals surface area contributed by atoms with E-state index in [1.54, 1.807) is 6.20 Å². The third-order valence-electron chi connectivity index (χ3n) is 4.01. The summed E-state index contributed by atoms with van der Waals surface area (Å²) in [6.07, 6.45) is 4.41. The zero-order valence-electron chi connectivity index (χ0n) is 11.6. The van der Waals surface area contributed by atoms with Gasteiger partial charge in [-0.1, -0.05) is 6.07 Å². The molecule has 1 aliphatic carbocycles. The van der Waals surface area contributed by atoms with Crippen LogP contribution in [0.2, 0.25) is 0 Å². The van der Waals surface area contributed by atoms with E-state index >= 15 is 0 Å². The van der Waals surface area contributed by atoms with Crippen LogP contribution in [0.25, 0.3) is 0 Å². The summed E-state index contributed by atoms with van der Waals surface area (Å²) in [5.74, 6) is 1.01. The zero-order valence-corrected chi connectivity index (χ0v) is 11.6. The Hall–Kier alpha value is -1.91. The molecule has 0 radical (unpaired) electrons. The monoisotopic (exact) mass is 273 g/mol. The summed E-state index contributed by atoms with van der Waals surface area (Å²) in [4.78, 5) is 30.1. The van der Waals surface area contributed by atoms with Gasteiger partial charge in [0, 0.05) is 25.7 Å². The first kappa shape index (κ1) is 13.1. The standard InChI is InChI=1S/C15H19N3O2/c1-10-3-2-6-16-14(10)17-15(20)12-7-13(19)18(9-12)8-11-4-5-11/h2-3,6,11-12H,4-5,7-9H2,1H3,(H,16,17,20)/t12-/m1/s1. The van der Waals surface area contributed by atoms with Gasteiger partial charge in [-0.05, 0) is 37.3 Å². The Labute approximate surface area is 118 Å². The number of nitrogens with one attached hydrogen (secondary N) is 1. The van der Waals surface area contributed by atoms with Crippen LogP contribution in [0.1, 0.15) is 24.8 Å². The minimum Gasteiger partial charge on any atom is -0.342 e. The van der Waals surface area contributed by atoms with E-state index in [-0.39, 0.29) is 17.7 Å². The molecule has 5 nitrogen and oxygen atoms in total. The number of carbonyl (C=O) groups excluding carboxylic acids is 2. The molecule has 1 saturated heterocycles. The molecule has 0 aromatic carbocycles. The highest BCUT2D eigenvalue weighted by atomic mass is 16.2. The van der Waals surface area contributed by atoms with Crippen molar-refractivity contribution in [2.75, 3.05) is 18.4 Å². The van der Waals surface area contributed by atoms with Crippen LogP contribution in [0.5, 0.6) is 0 Å². The van der Waals surface area contributed by atoms with E-state index in [1.165, 1.54) is 12.8 Å². The van der Waals surface area contributed by atoms with Gasteiger partial charge in [-0.25, -0.2) is 4.98 Å². The summed E-state index contributed by atoms with van der Waals surface area (Å²) in [5, 5.41) is 2.83. The summed E-state index contributed by atoms with van der Waals surface area (Å²) in [5.41, 5.74) is 0.931. The van der Waals surface area contributed by atoms with Crippen molar-refractivity contribution in [2.24, 2.45) is 11.8 Å². The van der Waals surface area contributed by atoms with E-state index in [0.29, 0.717) is 24.7 Å². The molecule has 106 valence electrons. The molecule has 2 amide bonds. The summed E-state index contributed by atoms with van der Waals surface area (Å²) in [6.45, 7) is 3.28. The number of aromatic nitrogens is 1. The Morgan fingerprint density at radius 1 is 1.50 bits per heavy atom. The fourth-order valence-corrected chi connectivity index (χ4v) is 2.57. The van der Waals surface area contributed by atoms with E-state index in [0.717, 1.165) is 12.1 Å². The van der Waals surface area contributed by atoms with E-state index in [9.17, 15) is 9.59 Å². The topological polar surface area (TPSA) is 62.3 Å². The molecule has 1 aromatic heterocycles. The number of aryl methyl sites for hydroxylation is 1. The molecule has 0 bridgehead atoms. The van der Waals surface area contributed by atoms with Crippen molar-refractivity contribution in [1.82, 2.24) is 9.88 Å². The van der Waals surface area contributed by atoms with Crippen molar-refractivity contribution < 1.29 is 9.59 Å². The number of pyridine rings is 1. The zero-order chi connectivity index (χ0) is 14.1. The molecule has 2 heterocycles. The lowest BCUT2D eigenvalue weighted by Crippen LogP contribution is -2.30. The predicted molar refractivity (Wildman–Crippen MR) is 75.0 cm³/mol. The van der Waals surface area contributed by atoms with Crippen molar-refractivity contribution in [1.29, 1.82) is 0 Å². The molecule has 0 spiro atoms. The lowest BCUT2D eigenvalue weighted by molar-refractivity contribution is -0.128. The Balaban J connectivity index is 1.60. The van der Waals surface area contributed by atoms with Gasteiger partial charge in [-0.15, -0.1) is 0 Å². The van der Waals surface area contributed by atoms with Crippen LogP contribution in [0.3, 0.4) is 0 Å². The second-order valence-electron chi connectivity index (χ2n) is 5.80. The fourth-order valence-electron chi connectivity index (χ4n) is 2.57. The number of rotatable bonds is 4. The molecule has 5 heteroatoms. The molecule has 20 heavy (non-hydrogen) atoms. The highest BCUT2D eigenvalue weighted by molar-refractivity contribution is 5.97. The largest absolute Gasteiger partial charge is 0.342 e. The van der Waals surface area contributed by atoms with Gasteiger partial charge in [0.2, 0.25) is 11.8 Å². The highest BCUT2D eigenvalue weighted by Gasteiger charge is 2.37. The number of hydrogen-bond acceptors (Lipinski definition) is 3. The number of carbonyl (C=O) groups is 2. The first-order chi connectivity index (χ1) is 9.63. The Morgan fingerprint density at radius 2 is 2.30 bits per heavy atom. The fraction of sp³-hybridized carbons (Fsp3) is 0.533. The number of hydrogen-bond donors (Lipinski definition) is 1. The molecule has 2 aliphatic rings. The molecular weight excluding hydrogens is 254 g/mol. The summed E-state index contributed by atoms with van der Waals surface area (Å²) in [7, 11) is 0. The van der Waals surface area contributed by atoms with Crippen molar-refractivity contribution in [3.63, 3.8) is 0 Å². The van der Waals surface area contributed by atoms with E-state index in [4.69, 9.17) is 0 Å². The van der Waals surface area contributed by atoms with E-state index in [2.05, 4.69) is 10.3 Å². The average molecular weight is 273 g/mol. The molecular formula is C15H19N3O2. The van der Waals surface area contributed by atoms with Crippen LogP contribution >= 0.6 is 0 Å². The molecule has 3 rings (SSSR count). The number of anilines is 1. The van der Waals surface area contributed by atoms with Crippen LogP contribution in [-0.4, -0.2) is 34.8 Å². The second kappa shape index (κ2) is 5.23. The Bertz CT molecular complexity index is 540. The molecule has 1 atom stereocenters. The van der Waals surface area contributed by atoms with Gasteiger partial charge >= 0.3 is 0 Å². The Morgan fingerprint density at radius 3 is 3.00 bits per heavy atom. The summed E-state index contributed by atoms with van der Waals surface area (Å²) < 4.78 is 0. The lowest BCUT2D eigenvalue weighted by Gasteiger charge is -2.16. The number of nitrogens with zero attached hydrogens (tertiary/aromatic N) is 2. The van der Waals surface area contributed by atoms with Crippen LogP contribution in [-0.2, 0) is 9.59 Å². The van der Waals surface area contributed by atoms with E-state index < -0.39 is 0 Å². The number of likely N-dealkylation sites (tertiary alicyclic amines) is 1. The summed E-state index contributed by atoms with van der Waals surface area (Å²) in [6, 6.07) is 3.74. The minimum absolute atomic E-state index is 0.0987. The van der Waals surface area contributed by atoms with Crippen molar-refractivity contribution >= 4 is 17.6 Å². The van der Waals surface area contributed by atoms with Gasteiger partial charge in [-0.3, -0.25) is 9.59 Å². The molecule has 1 saturated carbocycles. The molecule has 0 unspecified atom stereocenters. The minimum atomic E-state index is -0.248. The van der Waals surface area contributed by atoms with E-state index in [1.807, 2.05) is 24.0 Å². The predicted octanol–water partition coefficient (Wildman–Crippen LogP) is 1.59. The van der Waals surface area contributed by atoms with Gasteiger partial charge in [0.1, 0.15) is 5.82 Å². The molecule has 1 aromatic rings. The van der Waals surface area contributed by atoms with Crippen LogP contribution in [0.15, 0.2) is 18.3 Å². The van der Waals surface area contributed by atoms with Crippen LogP contribution < -0.4 is 5.32 Å². The quantitative estimate of drug-likeness (QED) is 0.906.